The molecular weight excluding hydrogens is 296 g/mol. The van der Waals surface area contributed by atoms with Gasteiger partial charge >= 0.3 is 6.09 Å². The van der Waals surface area contributed by atoms with Crippen molar-refractivity contribution in [2.24, 2.45) is 5.73 Å². The van der Waals surface area contributed by atoms with Crippen LogP contribution < -0.4 is 17.2 Å². The minimum absolute atomic E-state index is 0.0569. The number of nitrogens with zero attached hydrogens (tertiary/aromatic N) is 1. The Labute approximate surface area is 134 Å². The average Bonchev–Trinajstić information content (AvgIpc) is 2.75. The van der Waals surface area contributed by atoms with Crippen LogP contribution in [-0.4, -0.2) is 22.2 Å². The zero-order valence-corrected chi connectivity index (χ0v) is 13.3. The Morgan fingerprint density at radius 2 is 1.65 bits per heavy atom. The van der Waals surface area contributed by atoms with Gasteiger partial charge < -0.3 is 21.9 Å². The smallest absolute Gasteiger partial charge is 0.420 e. The molecule has 1 aromatic heterocycles. The molecule has 0 aliphatic carbocycles. The lowest BCUT2D eigenvalue weighted by molar-refractivity contribution is 0.0541. The first kappa shape index (κ1) is 16.4. The van der Waals surface area contributed by atoms with Crippen molar-refractivity contribution in [2.75, 3.05) is 11.5 Å². The number of amides is 1. The predicted molar refractivity (Wildman–Crippen MR) is 88.8 cm³/mol. The van der Waals surface area contributed by atoms with Crippen molar-refractivity contribution >= 4 is 23.5 Å². The number of nitrogens with two attached hydrogens (primary N) is 3. The first-order valence-corrected chi connectivity index (χ1v) is 7.00. The molecule has 7 heteroatoms. The fourth-order valence-corrected chi connectivity index (χ4v) is 2.12. The van der Waals surface area contributed by atoms with Gasteiger partial charge in [-0.25, -0.2) is 9.36 Å². The van der Waals surface area contributed by atoms with Gasteiger partial charge in [-0.2, -0.15) is 0 Å². The minimum atomic E-state index is -0.725. The number of hydrogen-bond acceptors (Lipinski definition) is 5. The SMILES string of the molecule is CC(C)(C)OC(=O)n1cc(-c2ccc(N)cc2)c(C(N)=O)c1N. The quantitative estimate of drug-likeness (QED) is 0.732. The Hall–Kier alpha value is -2.96. The molecule has 0 aliphatic rings. The summed E-state index contributed by atoms with van der Waals surface area (Å²) in [6.45, 7) is 5.21. The largest absolute Gasteiger partial charge is 0.443 e. The number of benzene rings is 1. The lowest BCUT2D eigenvalue weighted by Gasteiger charge is -2.19. The van der Waals surface area contributed by atoms with Crippen LogP contribution in [0.5, 0.6) is 0 Å². The second-order valence-electron chi connectivity index (χ2n) is 6.14. The van der Waals surface area contributed by atoms with E-state index >= 15 is 0 Å². The highest BCUT2D eigenvalue weighted by Gasteiger charge is 2.25. The molecule has 0 aliphatic heterocycles. The van der Waals surface area contributed by atoms with Crippen molar-refractivity contribution in [3.63, 3.8) is 0 Å². The van der Waals surface area contributed by atoms with Crippen molar-refractivity contribution in [3.05, 3.63) is 36.0 Å². The third-order valence-electron chi connectivity index (χ3n) is 3.10. The van der Waals surface area contributed by atoms with Crippen LogP contribution in [-0.2, 0) is 4.74 Å². The maximum atomic E-state index is 12.2. The molecule has 1 amide bonds. The van der Waals surface area contributed by atoms with E-state index in [1.165, 1.54) is 6.20 Å². The van der Waals surface area contributed by atoms with Crippen LogP contribution in [0.1, 0.15) is 31.1 Å². The van der Waals surface area contributed by atoms with Gasteiger partial charge in [-0.05, 0) is 38.5 Å². The lowest BCUT2D eigenvalue weighted by Crippen LogP contribution is -2.27. The van der Waals surface area contributed by atoms with Crippen LogP contribution in [0.3, 0.4) is 0 Å². The number of primary amides is 1. The molecule has 2 aromatic rings. The third-order valence-corrected chi connectivity index (χ3v) is 3.10. The summed E-state index contributed by atoms with van der Waals surface area (Å²) in [5.41, 5.74) is 18.1. The summed E-state index contributed by atoms with van der Waals surface area (Å²) in [7, 11) is 0. The minimum Gasteiger partial charge on any atom is -0.443 e. The van der Waals surface area contributed by atoms with E-state index in [4.69, 9.17) is 21.9 Å². The molecule has 1 aromatic carbocycles. The lowest BCUT2D eigenvalue weighted by atomic mass is 10.0. The molecule has 0 unspecified atom stereocenters. The molecular formula is C16H20N4O3. The van der Waals surface area contributed by atoms with Crippen molar-refractivity contribution < 1.29 is 14.3 Å². The number of carbonyl (C=O) groups is 2. The highest BCUT2D eigenvalue weighted by molar-refractivity contribution is 6.06. The molecule has 2 rings (SSSR count). The molecule has 0 spiro atoms. The Bertz CT molecular complexity index is 755. The average molecular weight is 316 g/mol. The van der Waals surface area contributed by atoms with Crippen LogP contribution in [0.25, 0.3) is 11.1 Å². The molecule has 0 fully saturated rings. The summed E-state index contributed by atoms with van der Waals surface area (Å²) in [6, 6.07) is 6.80. The zero-order chi connectivity index (χ0) is 17.4. The topological polar surface area (TPSA) is 126 Å². The van der Waals surface area contributed by atoms with Crippen molar-refractivity contribution in [2.45, 2.75) is 26.4 Å². The Morgan fingerprint density at radius 3 is 2.13 bits per heavy atom. The van der Waals surface area contributed by atoms with Gasteiger partial charge in [-0.1, -0.05) is 12.1 Å². The van der Waals surface area contributed by atoms with E-state index in [2.05, 4.69) is 0 Å². The number of rotatable bonds is 2. The molecule has 0 radical (unpaired) electrons. The Balaban J connectivity index is 2.55. The maximum absolute atomic E-state index is 12.2. The van der Waals surface area contributed by atoms with E-state index in [0.29, 0.717) is 16.8 Å². The standard InChI is InChI=1S/C16H20N4O3/c1-16(2,3)23-15(22)20-8-11(12(13(20)18)14(19)21)9-4-6-10(17)7-5-9/h4-8H,17-18H2,1-3H3,(H2,19,21). The van der Waals surface area contributed by atoms with Gasteiger partial charge in [0.25, 0.3) is 5.91 Å². The monoisotopic (exact) mass is 316 g/mol. The highest BCUT2D eigenvalue weighted by Crippen LogP contribution is 2.31. The zero-order valence-electron chi connectivity index (χ0n) is 13.3. The van der Waals surface area contributed by atoms with Crippen LogP contribution in [0.2, 0.25) is 0 Å². The normalized spacial score (nSPS) is 11.3. The molecule has 6 N–H and O–H groups in total. The van der Waals surface area contributed by atoms with Crippen LogP contribution in [0.15, 0.2) is 30.5 Å². The summed E-state index contributed by atoms with van der Waals surface area (Å²) in [5, 5.41) is 0. The first-order valence-electron chi connectivity index (χ1n) is 7.00. The fraction of sp³-hybridized carbons (Fsp3) is 0.250. The molecule has 7 nitrogen and oxygen atoms in total. The number of carbonyl (C=O) groups excluding carboxylic acids is 2. The van der Waals surface area contributed by atoms with Gasteiger partial charge in [0.15, 0.2) is 0 Å². The van der Waals surface area contributed by atoms with E-state index in [0.717, 1.165) is 4.57 Å². The van der Waals surface area contributed by atoms with Crippen molar-refractivity contribution in [1.29, 1.82) is 0 Å². The first-order chi connectivity index (χ1) is 10.6. The Morgan fingerprint density at radius 1 is 1.09 bits per heavy atom. The summed E-state index contributed by atoms with van der Waals surface area (Å²) in [4.78, 5) is 24.0. The summed E-state index contributed by atoms with van der Waals surface area (Å²) in [5.74, 6) is -0.782. The van der Waals surface area contributed by atoms with Gasteiger partial charge in [0.1, 0.15) is 11.4 Å². The highest BCUT2D eigenvalue weighted by atomic mass is 16.6. The maximum Gasteiger partial charge on any atom is 0.420 e. The summed E-state index contributed by atoms with van der Waals surface area (Å²) in [6.07, 6.45) is 0.758. The number of ether oxygens (including phenoxy) is 1. The van der Waals surface area contributed by atoms with E-state index in [9.17, 15) is 9.59 Å². The summed E-state index contributed by atoms with van der Waals surface area (Å²) < 4.78 is 6.36. The van der Waals surface area contributed by atoms with Gasteiger partial charge in [-0.15, -0.1) is 0 Å². The fourth-order valence-electron chi connectivity index (χ4n) is 2.12. The molecule has 0 bridgehead atoms. The molecule has 0 saturated carbocycles. The van der Waals surface area contributed by atoms with Gasteiger partial charge in [0.2, 0.25) is 0 Å². The number of aromatic nitrogens is 1. The van der Waals surface area contributed by atoms with E-state index in [-0.39, 0.29) is 11.4 Å². The second kappa shape index (κ2) is 5.68. The van der Waals surface area contributed by atoms with Crippen molar-refractivity contribution in [3.8, 4) is 11.1 Å². The third kappa shape index (κ3) is 3.45. The predicted octanol–water partition coefficient (Wildman–Crippen LogP) is 2.20. The van der Waals surface area contributed by atoms with Crippen LogP contribution in [0, 0.1) is 0 Å². The number of hydrogen-bond donors (Lipinski definition) is 3. The summed E-state index contributed by atoms with van der Waals surface area (Å²) >= 11 is 0. The molecule has 1 heterocycles. The van der Waals surface area contributed by atoms with E-state index in [1.54, 1.807) is 45.0 Å². The van der Waals surface area contributed by atoms with E-state index < -0.39 is 17.6 Å². The van der Waals surface area contributed by atoms with Crippen LogP contribution >= 0.6 is 0 Å². The second-order valence-corrected chi connectivity index (χ2v) is 6.14. The Kier molecular flexibility index (Phi) is 4.05. The molecule has 0 atom stereocenters. The van der Waals surface area contributed by atoms with E-state index in [1.807, 2.05) is 0 Å². The molecule has 23 heavy (non-hydrogen) atoms. The number of anilines is 2. The van der Waals surface area contributed by atoms with Gasteiger partial charge in [0, 0.05) is 17.4 Å². The number of nitrogen functional groups attached to an aromatic ring is 2. The molecule has 122 valence electrons. The van der Waals surface area contributed by atoms with Crippen LogP contribution in [0.4, 0.5) is 16.3 Å². The van der Waals surface area contributed by atoms with Gasteiger partial charge in [0.05, 0.1) is 5.56 Å². The van der Waals surface area contributed by atoms with Crippen molar-refractivity contribution in [1.82, 2.24) is 4.57 Å². The van der Waals surface area contributed by atoms with Gasteiger partial charge in [-0.3, -0.25) is 4.79 Å². The molecule has 0 saturated heterocycles.